The summed E-state index contributed by atoms with van der Waals surface area (Å²) in [6.07, 6.45) is 0.793. The monoisotopic (exact) mass is 405 g/mol. The van der Waals surface area contributed by atoms with Gasteiger partial charge >= 0.3 is 0 Å². The van der Waals surface area contributed by atoms with Crippen molar-refractivity contribution in [2.24, 2.45) is 0 Å². The highest BCUT2D eigenvalue weighted by Crippen LogP contribution is 2.35. The molecule has 0 aromatic heterocycles. The molecule has 0 atom stereocenters. The zero-order chi connectivity index (χ0) is 20.5. The van der Waals surface area contributed by atoms with E-state index in [1.54, 1.807) is 0 Å². The molecule has 0 saturated heterocycles. The van der Waals surface area contributed by atoms with Crippen LogP contribution in [0.2, 0.25) is 0 Å². The van der Waals surface area contributed by atoms with E-state index >= 15 is 0 Å². The summed E-state index contributed by atoms with van der Waals surface area (Å²) in [6.45, 7) is 1.54. The predicted molar refractivity (Wildman–Crippen MR) is 125 cm³/mol. The van der Waals surface area contributed by atoms with E-state index in [9.17, 15) is 0 Å². The number of likely N-dealkylation sites (N-methyl/N-ethyl adjacent to an activating group) is 1. The van der Waals surface area contributed by atoms with Gasteiger partial charge in [-0.15, -0.1) is 11.6 Å². The lowest BCUT2D eigenvalue weighted by molar-refractivity contribution is 0.261. The summed E-state index contributed by atoms with van der Waals surface area (Å²) in [6, 6.07) is 29.4. The number of benzene rings is 3. The Hall–Kier alpha value is -2.55. The molecule has 0 aliphatic carbocycles. The summed E-state index contributed by atoms with van der Waals surface area (Å²) in [4.78, 5) is 2.12. The molecule has 3 heteroatoms. The van der Waals surface area contributed by atoms with E-state index in [2.05, 4.69) is 71.6 Å². The fourth-order valence-electron chi connectivity index (χ4n) is 3.35. The summed E-state index contributed by atoms with van der Waals surface area (Å²) in [7, 11) is 4.10. The van der Waals surface area contributed by atoms with E-state index in [0.717, 1.165) is 24.3 Å². The molecule has 3 aromatic carbocycles. The van der Waals surface area contributed by atoms with Crippen LogP contribution in [0.15, 0.2) is 84.9 Å². The molecule has 0 unspecified atom stereocenters. The maximum Gasteiger partial charge on any atom is 0.119 e. The Morgan fingerprint density at radius 3 is 2.03 bits per heavy atom. The van der Waals surface area contributed by atoms with Gasteiger partial charge in [-0.3, -0.25) is 0 Å². The number of hydrogen-bond acceptors (Lipinski definition) is 2. The summed E-state index contributed by atoms with van der Waals surface area (Å²) in [5.41, 5.74) is 5.98. The minimum Gasteiger partial charge on any atom is -0.492 e. The second-order valence-electron chi connectivity index (χ2n) is 7.20. The third-order valence-corrected chi connectivity index (χ3v) is 4.95. The molecule has 3 aromatic rings. The summed E-state index contributed by atoms with van der Waals surface area (Å²) >= 11 is 6.23. The Morgan fingerprint density at radius 2 is 1.41 bits per heavy atom. The van der Waals surface area contributed by atoms with Crippen LogP contribution in [0.25, 0.3) is 11.1 Å². The third-order valence-electron chi connectivity index (χ3n) is 4.76. The minimum atomic E-state index is 0.569. The first-order valence-electron chi connectivity index (χ1n) is 9.97. The predicted octanol–water partition coefficient (Wildman–Crippen LogP) is 6.22. The number of hydrogen-bond donors (Lipinski definition) is 0. The van der Waals surface area contributed by atoms with Crippen molar-refractivity contribution in [2.75, 3.05) is 33.1 Å². The van der Waals surface area contributed by atoms with E-state index in [1.807, 2.05) is 32.3 Å². The summed E-state index contributed by atoms with van der Waals surface area (Å²) in [5.74, 6) is 1.45. The number of nitrogens with zero attached hydrogens (tertiary/aromatic N) is 1. The highest BCUT2D eigenvalue weighted by Gasteiger charge is 2.14. The molecule has 0 N–H and O–H groups in total. The van der Waals surface area contributed by atoms with Gasteiger partial charge in [-0.25, -0.2) is 0 Å². The zero-order valence-corrected chi connectivity index (χ0v) is 17.9. The largest absolute Gasteiger partial charge is 0.492 e. The van der Waals surface area contributed by atoms with Crippen molar-refractivity contribution in [3.63, 3.8) is 0 Å². The average molecular weight is 406 g/mol. The van der Waals surface area contributed by atoms with Gasteiger partial charge in [0.05, 0.1) is 0 Å². The van der Waals surface area contributed by atoms with Crippen molar-refractivity contribution >= 4 is 22.7 Å². The van der Waals surface area contributed by atoms with Crippen molar-refractivity contribution in [1.29, 1.82) is 0 Å². The number of rotatable bonds is 9. The van der Waals surface area contributed by atoms with Gasteiger partial charge in [0.25, 0.3) is 0 Å². The molecule has 150 valence electrons. The van der Waals surface area contributed by atoms with Gasteiger partial charge in [0.2, 0.25) is 0 Å². The van der Waals surface area contributed by atoms with Crippen LogP contribution >= 0.6 is 11.6 Å². The first kappa shape index (κ1) is 21.2. The number of ether oxygens (including phenoxy) is 1. The van der Waals surface area contributed by atoms with E-state index in [4.69, 9.17) is 16.3 Å². The molecule has 0 heterocycles. The second-order valence-corrected chi connectivity index (χ2v) is 7.58. The van der Waals surface area contributed by atoms with E-state index in [0.29, 0.717) is 12.5 Å². The summed E-state index contributed by atoms with van der Waals surface area (Å²) in [5, 5.41) is 0. The van der Waals surface area contributed by atoms with Gasteiger partial charge in [0.15, 0.2) is 0 Å². The Morgan fingerprint density at radius 1 is 0.793 bits per heavy atom. The number of allylic oxidation sites excluding steroid dienone is 1. The van der Waals surface area contributed by atoms with Crippen LogP contribution in [0.4, 0.5) is 0 Å². The smallest absolute Gasteiger partial charge is 0.119 e. The van der Waals surface area contributed by atoms with Crippen LogP contribution in [0.5, 0.6) is 5.75 Å². The minimum absolute atomic E-state index is 0.569. The topological polar surface area (TPSA) is 12.5 Å². The molecule has 3 rings (SSSR count). The van der Waals surface area contributed by atoms with Gasteiger partial charge in [-0.2, -0.15) is 0 Å². The quantitative estimate of drug-likeness (QED) is 0.309. The van der Waals surface area contributed by atoms with Crippen LogP contribution < -0.4 is 4.74 Å². The van der Waals surface area contributed by atoms with Crippen LogP contribution in [0.1, 0.15) is 23.1 Å². The van der Waals surface area contributed by atoms with Crippen LogP contribution in [-0.4, -0.2) is 38.0 Å². The lowest BCUT2D eigenvalue weighted by Gasteiger charge is -2.18. The molecule has 2 nitrogen and oxygen atoms in total. The van der Waals surface area contributed by atoms with Gasteiger partial charge in [-0.1, -0.05) is 72.8 Å². The molecular weight excluding hydrogens is 378 g/mol. The average Bonchev–Trinajstić information content (AvgIpc) is 2.75. The normalized spacial score (nSPS) is 12.0. The lowest BCUT2D eigenvalue weighted by Crippen LogP contribution is -2.19. The van der Waals surface area contributed by atoms with Crippen molar-refractivity contribution < 1.29 is 4.74 Å². The SMILES string of the molecule is CN(C)CCOc1cccc(/C(=C(\CCCl)c2ccccc2)c2ccccc2)c1. The zero-order valence-electron chi connectivity index (χ0n) is 17.1. The van der Waals surface area contributed by atoms with E-state index < -0.39 is 0 Å². The second kappa shape index (κ2) is 10.8. The molecule has 0 radical (unpaired) electrons. The maximum absolute atomic E-state index is 6.23. The van der Waals surface area contributed by atoms with Crippen LogP contribution in [0.3, 0.4) is 0 Å². The van der Waals surface area contributed by atoms with Gasteiger partial charge in [0.1, 0.15) is 12.4 Å². The standard InChI is InChI=1S/C26H28ClNO/c1-28(2)18-19-29-24-15-9-14-23(20-24)26(22-12-7-4-8-13-22)25(16-17-27)21-10-5-3-6-11-21/h3-15,20H,16-19H2,1-2H3/b26-25+. The molecule has 0 aliphatic heterocycles. The fourth-order valence-corrected chi connectivity index (χ4v) is 3.54. The Labute approximate surface area is 179 Å². The third kappa shape index (κ3) is 5.96. The lowest BCUT2D eigenvalue weighted by atomic mass is 9.88. The van der Waals surface area contributed by atoms with Gasteiger partial charge in [0, 0.05) is 12.4 Å². The van der Waals surface area contributed by atoms with E-state index in [1.165, 1.54) is 22.3 Å². The number of alkyl halides is 1. The van der Waals surface area contributed by atoms with E-state index in [-0.39, 0.29) is 0 Å². The molecule has 0 saturated carbocycles. The van der Waals surface area contributed by atoms with Crippen molar-refractivity contribution in [3.8, 4) is 5.75 Å². The maximum atomic E-state index is 6.23. The Bertz CT molecular complexity index is 920. The highest BCUT2D eigenvalue weighted by atomic mass is 35.5. The molecule has 0 aliphatic rings. The summed E-state index contributed by atoms with van der Waals surface area (Å²) < 4.78 is 6.00. The fraction of sp³-hybridized carbons (Fsp3) is 0.231. The van der Waals surface area contributed by atoms with Gasteiger partial charge in [-0.05, 0) is 60.5 Å². The molecule has 0 spiro atoms. The number of halogens is 1. The Balaban J connectivity index is 2.09. The van der Waals surface area contributed by atoms with Crippen LogP contribution in [0, 0.1) is 0 Å². The first-order chi connectivity index (χ1) is 14.2. The van der Waals surface area contributed by atoms with Crippen molar-refractivity contribution in [1.82, 2.24) is 4.90 Å². The first-order valence-corrected chi connectivity index (χ1v) is 10.5. The van der Waals surface area contributed by atoms with Crippen LogP contribution in [-0.2, 0) is 0 Å². The van der Waals surface area contributed by atoms with Gasteiger partial charge < -0.3 is 9.64 Å². The van der Waals surface area contributed by atoms with Crippen molar-refractivity contribution in [3.05, 3.63) is 102 Å². The highest BCUT2D eigenvalue weighted by molar-refractivity contribution is 6.18. The molecular formula is C26H28ClNO. The molecule has 0 amide bonds. The molecule has 0 bridgehead atoms. The van der Waals surface area contributed by atoms with Crippen molar-refractivity contribution in [2.45, 2.75) is 6.42 Å². The Kier molecular flexibility index (Phi) is 7.92. The molecule has 29 heavy (non-hydrogen) atoms. The molecule has 0 fully saturated rings.